The van der Waals surface area contributed by atoms with E-state index in [2.05, 4.69) is 5.32 Å². The number of nitrogens with two attached hydrogens (primary N) is 1. The summed E-state index contributed by atoms with van der Waals surface area (Å²) in [6.45, 7) is 0.633. The van der Waals surface area contributed by atoms with Crippen LogP contribution in [0.4, 0.5) is 0 Å². The molecule has 0 spiro atoms. The molecule has 4 rings (SSSR count). The first kappa shape index (κ1) is 21.7. The standard InChI is InChI=1S/C23H22N2O6S/c1-29-20-10-9-18(15-5-8-19-16(11-15)12-25-23(19)26)21(22(20)30-2)31-13-14-3-6-17(7-4-14)32(24,27)28/h3-11H,12-13H2,1-2H3,(H,25,26)(H2,24,27,28). The number of primary sulfonamides is 1. The molecule has 1 aliphatic heterocycles. The summed E-state index contributed by atoms with van der Waals surface area (Å²) in [7, 11) is -0.694. The molecule has 8 nitrogen and oxygen atoms in total. The molecule has 0 saturated heterocycles. The highest BCUT2D eigenvalue weighted by molar-refractivity contribution is 7.89. The number of fused-ring (bicyclic) bond motifs is 1. The second kappa shape index (κ2) is 8.52. The smallest absolute Gasteiger partial charge is 0.251 e. The molecule has 0 aromatic heterocycles. The van der Waals surface area contributed by atoms with Crippen LogP contribution in [0.15, 0.2) is 59.5 Å². The molecule has 0 saturated carbocycles. The minimum Gasteiger partial charge on any atom is -0.493 e. The van der Waals surface area contributed by atoms with Gasteiger partial charge >= 0.3 is 0 Å². The number of carbonyl (C=O) groups is 1. The van der Waals surface area contributed by atoms with Crippen LogP contribution in [0.2, 0.25) is 0 Å². The van der Waals surface area contributed by atoms with E-state index in [0.29, 0.717) is 29.4 Å². The van der Waals surface area contributed by atoms with E-state index in [1.807, 2.05) is 18.2 Å². The van der Waals surface area contributed by atoms with E-state index in [0.717, 1.165) is 22.3 Å². The van der Waals surface area contributed by atoms with Gasteiger partial charge in [-0.1, -0.05) is 18.2 Å². The molecule has 0 fully saturated rings. The average Bonchev–Trinajstić information content (AvgIpc) is 3.16. The zero-order valence-corrected chi connectivity index (χ0v) is 18.4. The average molecular weight is 455 g/mol. The lowest BCUT2D eigenvalue weighted by atomic mass is 9.99. The molecule has 1 amide bonds. The quantitative estimate of drug-likeness (QED) is 0.567. The van der Waals surface area contributed by atoms with Crippen molar-refractivity contribution in [1.82, 2.24) is 5.32 Å². The molecule has 0 unspecified atom stereocenters. The van der Waals surface area contributed by atoms with Gasteiger partial charge in [-0.05, 0) is 53.1 Å². The lowest BCUT2D eigenvalue weighted by molar-refractivity contribution is 0.0965. The number of carbonyl (C=O) groups excluding carboxylic acids is 1. The van der Waals surface area contributed by atoms with Crippen LogP contribution in [0.5, 0.6) is 17.2 Å². The molecular weight excluding hydrogens is 432 g/mol. The van der Waals surface area contributed by atoms with Crippen molar-refractivity contribution < 1.29 is 27.4 Å². The second-order valence-electron chi connectivity index (χ2n) is 7.21. The number of amides is 1. The maximum atomic E-state index is 11.9. The van der Waals surface area contributed by atoms with Crippen LogP contribution < -0.4 is 24.7 Å². The summed E-state index contributed by atoms with van der Waals surface area (Å²) in [5, 5.41) is 7.97. The van der Waals surface area contributed by atoms with Gasteiger partial charge in [-0.25, -0.2) is 13.6 Å². The number of nitrogens with one attached hydrogen (secondary N) is 1. The van der Waals surface area contributed by atoms with Gasteiger partial charge in [0.15, 0.2) is 11.5 Å². The zero-order chi connectivity index (χ0) is 22.9. The summed E-state index contributed by atoms with van der Waals surface area (Å²) in [5.74, 6) is 1.33. The Morgan fingerprint density at radius 1 is 0.938 bits per heavy atom. The van der Waals surface area contributed by atoms with Gasteiger partial charge < -0.3 is 19.5 Å². The molecule has 0 bridgehead atoms. The van der Waals surface area contributed by atoms with Gasteiger partial charge in [0.05, 0.1) is 19.1 Å². The highest BCUT2D eigenvalue weighted by Crippen LogP contribution is 2.45. The normalized spacial score (nSPS) is 12.8. The van der Waals surface area contributed by atoms with Crippen LogP contribution in [0.25, 0.3) is 11.1 Å². The van der Waals surface area contributed by atoms with Crippen LogP contribution in [0.1, 0.15) is 21.5 Å². The Labute approximate surface area is 186 Å². The summed E-state index contributed by atoms with van der Waals surface area (Å²) in [6, 6.07) is 15.4. The first-order valence-corrected chi connectivity index (χ1v) is 11.3. The summed E-state index contributed by atoms with van der Waals surface area (Å²) in [6.07, 6.45) is 0. The van der Waals surface area contributed by atoms with Crippen molar-refractivity contribution in [3.8, 4) is 28.4 Å². The summed E-state index contributed by atoms with van der Waals surface area (Å²) < 4.78 is 40.1. The summed E-state index contributed by atoms with van der Waals surface area (Å²) >= 11 is 0. The number of hydrogen-bond acceptors (Lipinski definition) is 6. The van der Waals surface area contributed by atoms with E-state index in [-0.39, 0.29) is 17.4 Å². The predicted octanol–water partition coefficient (Wildman–Crippen LogP) is 2.84. The van der Waals surface area contributed by atoms with Crippen molar-refractivity contribution in [2.24, 2.45) is 5.14 Å². The molecule has 3 aromatic rings. The minimum atomic E-state index is -3.76. The Morgan fingerprint density at radius 3 is 2.31 bits per heavy atom. The Bertz CT molecular complexity index is 1290. The van der Waals surface area contributed by atoms with Crippen LogP contribution in [-0.2, 0) is 23.2 Å². The highest BCUT2D eigenvalue weighted by Gasteiger charge is 2.22. The number of benzene rings is 3. The lowest BCUT2D eigenvalue weighted by Gasteiger charge is -2.18. The fourth-order valence-corrected chi connectivity index (χ4v) is 4.12. The van der Waals surface area contributed by atoms with Crippen LogP contribution in [0.3, 0.4) is 0 Å². The van der Waals surface area contributed by atoms with Crippen molar-refractivity contribution in [3.63, 3.8) is 0 Å². The number of hydrogen-bond donors (Lipinski definition) is 2. The molecule has 0 aliphatic carbocycles. The molecule has 3 aromatic carbocycles. The summed E-state index contributed by atoms with van der Waals surface area (Å²) in [4.78, 5) is 11.9. The molecular formula is C23H22N2O6S. The van der Waals surface area contributed by atoms with E-state index in [4.69, 9.17) is 19.3 Å². The molecule has 166 valence electrons. The monoisotopic (exact) mass is 454 g/mol. The van der Waals surface area contributed by atoms with Crippen molar-refractivity contribution in [1.29, 1.82) is 0 Å². The molecule has 9 heteroatoms. The lowest BCUT2D eigenvalue weighted by Crippen LogP contribution is -2.12. The number of ether oxygens (including phenoxy) is 3. The Morgan fingerprint density at radius 2 is 1.66 bits per heavy atom. The highest BCUT2D eigenvalue weighted by atomic mass is 32.2. The van der Waals surface area contributed by atoms with Gasteiger partial charge in [-0.15, -0.1) is 0 Å². The van der Waals surface area contributed by atoms with Crippen LogP contribution in [0, 0.1) is 0 Å². The predicted molar refractivity (Wildman–Crippen MR) is 118 cm³/mol. The van der Waals surface area contributed by atoms with Crippen molar-refractivity contribution >= 4 is 15.9 Å². The van der Waals surface area contributed by atoms with Gasteiger partial charge in [0.1, 0.15) is 6.61 Å². The topological polar surface area (TPSA) is 117 Å². The van der Waals surface area contributed by atoms with E-state index >= 15 is 0 Å². The van der Waals surface area contributed by atoms with Gasteiger partial charge in [0.25, 0.3) is 5.91 Å². The fourth-order valence-electron chi connectivity index (χ4n) is 3.60. The maximum Gasteiger partial charge on any atom is 0.251 e. The summed E-state index contributed by atoms with van der Waals surface area (Å²) in [5.41, 5.74) is 3.95. The largest absolute Gasteiger partial charge is 0.493 e. The zero-order valence-electron chi connectivity index (χ0n) is 17.5. The van der Waals surface area contributed by atoms with E-state index in [1.54, 1.807) is 31.4 Å². The maximum absolute atomic E-state index is 11.9. The van der Waals surface area contributed by atoms with Crippen molar-refractivity contribution in [3.05, 3.63) is 71.3 Å². The molecule has 32 heavy (non-hydrogen) atoms. The number of rotatable bonds is 7. The van der Waals surface area contributed by atoms with Gasteiger partial charge in [0.2, 0.25) is 15.8 Å². The van der Waals surface area contributed by atoms with Crippen LogP contribution >= 0.6 is 0 Å². The second-order valence-corrected chi connectivity index (χ2v) is 8.77. The third-order valence-corrected chi connectivity index (χ3v) is 6.16. The SMILES string of the molecule is COc1ccc(-c2ccc3c(c2)CNC3=O)c(OCc2ccc(S(N)(=O)=O)cc2)c1OC. The molecule has 1 aliphatic rings. The van der Waals surface area contributed by atoms with Gasteiger partial charge in [-0.2, -0.15) is 0 Å². The van der Waals surface area contributed by atoms with E-state index in [1.165, 1.54) is 19.2 Å². The molecule has 1 heterocycles. The third-order valence-electron chi connectivity index (χ3n) is 5.24. The molecule has 0 atom stereocenters. The number of methoxy groups -OCH3 is 2. The van der Waals surface area contributed by atoms with E-state index < -0.39 is 10.0 Å². The number of sulfonamides is 1. The van der Waals surface area contributed by atoms with Crippen LogP contribution in [-0.4, -0.2) is 28.5 Å². The van der Waals surface area contributed by atoms with Crippen molar-refractivity contribution in [2.75, 3.05) is 14.2 Å². The Kier molecular flexibility index (Phi) is 5.77. The van der Waals surface area contributed by atoms with E-state index in [9.17, 15) is 13.2 Å². The van der Waals surface area contributed by atoms with Gasteiger partial charge in [-0.3, -0.25) is 4.79 Å². The first-order valence-electron chi connectivity index (χ1n) is 9.73. The van der Waals surface area contributed by atoms with Gasteiger partial charge in [0, 0.05) is 17.7 Å². The van der Waals surface area contributed by atoms with Crippen molar-refractivity contribution in [2.45, 2.75) is 18.0 Å². The first-order chi connectivity index (χ1) is 15.3. The Balaban J connectivity index is 1.71. The molecule has 0 radical (unpaired) electrons. The fraction of sp³-hybridized carbons (Fsp3) is 0.174. The minimum absolute atomic E-state index is 0.0298. The third kappa shape index (κ3) is 4.12. The molecule has 3 N–H and O–H groups in total. The Hall–Kier alpha value is -3.56.